The maximum Gasteiger partial charge on any atom is 0.163 e. The molecule has 0 aliphatic carbocycles. The van der Waals surface area contributed by atoms with Gasteiger partial charge in [0.1, 0.15) is 23.7 Å². The molecule has 2 atom stereocenters. The second-order valence-electron chi connectivity index (χ2n) is 4.29. The lowest BCUT2D eigenvalue weighted by Crippen LogP contribution is -2.19. The van der Waals surface area contributed by atoms with Crippen LogP contribution in [0.3, 0.4) is 0 Å². The van der Waals surface area contributed by atoms with Gasteiger partial charge in [-0.3, -0.25) is 4.79 Å². The summed E-state index contributed by atoms with van der Waals surface area (Å²) in [7, 11) is 0. The second kappa shape index (κ2) is 3.89. The molecule has 0 fully saturated rings. The van der Waals surface area contributed by atoms with Crippen LogP contribution in [-0.4, -0.2) is 22.1 Å². The van der Waals surface area contributed by atoms with E-state index < -0.39 is 12.2 Å². The fourth-order valence-corrected chi connectivity index (χ4v) is 1.94. The fraction of sp³-hybridized carbons (Fsp3) is 0.308. The summed E-state index contributed by atoms with van der Waals surface area (Å²) in [6.45, 7) is 6.85. The molecule has 2 rings (SSSR count). The number of aliphatic hydroxyl groups is 1. The molecular formula is C13H14O4. The van der Waals surface area contributed by atoms with E-state index in [0.29, 0.717) is 16.9 Å². The first kappa shape index (κ1) is 11.7. The Morgan fingerprint density at radius 1 is 1.41 bits per heavy atom. The summed E-state index contributed by atoms with van der Waals surface area (Å²) in [5, 5.41) is 19.7. The Labute approximate surface area is 99.2 Å². The molecule has 1 heterocycles. The first-order valence-corrected chi connectivity index (χ1v) is 5.29. The number of ether oxygens (including phenoxy) is 1. The minimum atomic E-state index is -0.846. The monoisotopic (exact) mass is 234 g/mol. The number of rotatable bonds is 2. The lowest BCUT2D eigenvalue weighted by molar-refractivity contribution is 0.0900. The van der Waals surface area contributed by atoms with E-state index in [-0.39, 0.29) is 17.1 Å². The van der Waals surface area contributed by atoms with Crippen LogP contribution in [0.25, 0.3) is 0 Å². The quantitative estimate of drug-likeness (QED) is 0.606. The SMILES string of the molecule is C=C(C)C1Oc2cc(O)c(C(C)=O)cc2C1O. The summed E-state index contributed by atoms with van der Waals surface area (Å²) in [6.07, 6.45) is -1.37. The number of aliphatic hydroxyl groups excluding tert-OH is 1. The first-order valence-electron chi connectivity index (χ1n) is 5.29. The van der Waals surface area contributed by atoms with E-state index in [0.717, 1.165) is 0 Å². The zero-order valence-electron chi connectivity index (χ0n) is 9.73. The number of hydrogen-bond donors (Lipinski definition) is 2. The van der Waals surface area contributed by atoms with Crippen LogP contribution in [0.2, 0.25) is 0 Å². The highest BCUT2D eigenvalue weighted by molar-refractivity contribution is 5.97. The van der Waals surface area contributed by atoms with Crippen LogP contribution in [-0.2, 0) is 0 Å². The standard InChI is InChI=1S/C13H14O4/c1-6(2)13-12(16)9-4-8(7(3)14)10(15)5-11(9)17-13/h4-5,12-13,15-16H,1H2,2-3H3. The van der Waals surface area contributed by atoms with Gasteiger partial charge in [-0.05, 0) is 25.5 Å². The van der Waals surface area contributed by atoms with Crippen molar-refractivity contribution in [1.82, 2.24) is 0 Å². The zero-order chi connectivity index (χ0) is 12.7. The molecule has 4 heteroatoms. The molecule has 0 amide bonds. The van der Waals surface area contributed by atoms with E-state index in [4.69, 9.17) is 4.74 Å². The number of benzene rings is 1. The van der Waals surface area contributed by atoms with Crippen molar-refractivity contribution >= 4 is 5.78 Å². The van der Waals surface area contributed by atoms with Gasteiger partial charge in [0.05, 0.1) is 5.56 Å². The lowest BCUT2D eigenvalue weighted by Gasteiger charge is -2.13. The number of hydrogen-bond acceptors (Lipinski definition) is 4. The van der Waals surface area contributed by atoms with Crippen molar-refractivity contribution in [3.8, 4) is 11.5 Å². The van der Waals surface area contributed by atoms with Crippen LogP contribution >= 0.6 is 0 Å². The van der Waals surface area contributed by atoms with Crippen molar-refractivity contribution in [1.29, 1.82) is 0 Å². The molecule has 90 valence electrons. The van der Waals surface area contributed by atoms with Crippen LogP contribution in [0.1, 0.15) is 35.9 Å². The highest BCUT2D eigenvalue weighted by atomic mass is 16.5. The highest BCUT2D eigenvalue weighted by Crippen LogP contribution is 2.42. The molecule has 0 aromatic heterocycles. The van der Waals surface area contributed by atoms with Gasteiger partial charge in [-0.1, -0.05) is 6.58 Å². The van der Waals surface area contributed by atoms with E-state index in [1.807, 2.05) is 0 Å². The minimum absolute atomic E-state index is 0.134. The van der Waals surface area contributed by atoms with E-state index in [2.05, 4.69) is 6.58 Å². The third kappa shape index (κ3) is 1.80. The zero-order valence-corrected chi connectivity index (χ0v) is 9.73. The summed E-state index contributed by atoms with van der Waals surface area (Å²) in [6, 6.07) is 2.83. The molecule has 4 nitrogen and oxygen atoms in total. The van der Waals surface area contributed by atoms with Gasteiger partial charge in [0.2, 0.25) is 0 Å². The molecule has 1 aliphatic heterocycles. The van der Waals surface area contributed by atoms with Gasteiger partial charge in [0.15, 0.2) is 5.78 Å². The van der Waals surface area contributed by atoms with Crippen molar-refractivity contribution < 1.29 is 19.7 Å². The average molecular weight is 234 g/mol. The normalized spacial score (nSPS) is 21.8. The molecule has 0 saturated carbocycles. The van der Waals surface area contributed by atoms with Crippen molar-refractivity contribution in [2.75, 3.05) is 0 Å². The number of Topliss-reactive ketones (excluding diaryl/α,β-unsaturated/α-hetero) is 1. The fourth-order valence-electron chi connectivity index (χ4n) is 1.94. The predicted octanol–water partition coefficient (Wildman–Crippen LogP) is 1.97. The Kier molecular flexibility index (Phi) is 2.67. The average Bonchev–Trinajstić information content (AvgIpc) is 2.54. The van der Waals surface area contributed by atoms with Gasteiger partial charge in [-0.15, -0.1) is 0 Å². The minimum Gasteiger partial charge on any atom is -0.507 e. The third-order valence-corrected chi connectivity index (χ3v) is 2.85. The molecule has 1 aromatic rings. The van der Waals surface area contributed by atoms with Gasteiger partial charge >= 0.3 is 0 Å². The molecule has 0 spiro atoms. The van der Waals surface area contributed by atoms with Crippen molar-refractivity contribution in [3.63, 3.8) is 0 Å². The van der Waals surface area contributed by atoms with Crippen LogP contribution in [0.5, 0.6) is 11.5 Å². The maximum absolute atomic E-state index is 11.3. The van der Waals surface area contributed by atoms with Gasteiger partial charge in [-0.2, -0.15) is 0 Å². The summed E-state index contributed by atoms with van der Waals surface area (Å²) in [5.74, 6) is 0.00934. The van der Waals surface area contributed by atoms with Gasteiger partial charge in [0.25, 0.3) is 0 Å². The first-order chi connectivity index (χ1) is 7.91. The van der Waals surface area contributed by atoms with Crippen molar-refractivity contribution in [2.45, 2.75) is 26.1 Å². The van der Waals surface area contributed by atoms with Crippen molar-refractivity contribution in [3.05, 3.63) is 35.4 Å². The van der Waals surface area contributed by atoms with E-state index >= 15 is 0 Å². The number of carbonyl (C=O) groups is 1. The molecule has 1 aliphatic rings. The largest absolute Gasteiger partial charge is 0.507 e. The predicted molar refractivity (Wildman–Crippen MR) is 62.3 cm³/mol. The van der Waals surface area contributed by atoms with Gasteiger partial charge in [0, 0.05) is 11.6 Å². The van der Waals surface area contributed by atoms with Gasteiger partial charge in [-0.25, -0.2) is 0 Å². The Morgan fingerprint density at radius 2 is 2.06 bits per heavy atom. The van der Waals surface area contributed by atoms with Gasteiger partial charge < -0.3 is 14.9 Å². The second-order valence-corrected chi connectivity index (χ2v) is 4.29. The maximum atomic E-state index is 11.3. The number of carbonyl (C=O) groups excluding carboxylic acids is 1. The molecule has 2 N–H and O–H groups in total. The molecule has 17 heavy (non-hydrogen) atoms. The molecule has 2 unspecified atom stereocenters. The summed E-state index contributed by atoms with van der Waals surface area (Å²) >= 11 is 0. The van der Waals surface area contributed by atoms with Crippen LogP contribution < -0.4 is 4.74 Å². The van der Waals surface area contributed by atoms with Crippen LogP contribution in [0.4, 0.5) is 0 Å². The summed E-state index contributed by atoms with van der Waals surface area (Å²) < 4.78 is 5.48. The van der Waals surface area contributed by atoms with E-state index in [1.54, 1.807) is 6.92 Å². The number of phenols is 1. The molecular weight excluding hydrogens is 220 g/mol. The Hall–Kier alpha value is -1.81. The number of fused-ring (bicyclic) bond motifs is 1. The Bertz CT molecular complexity index is 504. The highest BCUT2D eigenvalue weighted by Gasteiger charge is 2.34. The molecule has 0 saturated heterocycles. The summed E-state index contributed by atoms with van der Waals surface area (Å²) in [5.41, 5.74) is 1.40. The Morgan fingerprint density at radius 3 is 2.59 bits per heavy atom. The lowest BCUT2D eigenvalue weighted by atomic mass is 9.99. The summed E-state index contributed by atoms with van der Waals surface area (Å²) in [4.78, 5) is 11.3. The topological polar surface area (TPSA) is 66.8 Å². The number of ketones is 1. The molecule has 0 bridgehead atoms. The van der Waals surface area contributed by atoms with Crippen molar-refractivity contribution in [2.24, 2.45) is 0 Å². The smallest absolute Gasteiger partial charge is 0.163 e. The van der Waals surface area contributed by atoms with Crippen LogP contribution in [0, 0.1) is 0 Å². The molecule has 0 radical (unpaired) electrons. The number of aromatic hydroxyl groups is 1. The molecule has 1 aromatic carbocycles. The third-order valence-electron chi connectivity index (χ3n) is 2.85. The number of phenolic OH excluding ortho intramolecular Hbond substituents is 1. The van der Waals surface area contributed by atoms with E-state index in [9.17, 15) is 15.0 Å². The Balaban J connectivity index is 2.50. The van der Waals surface area contributed by atoms with E-state index in [1.165, 1.54) is 19.1 Å². The van der Waals surface area contributed by atoms with Crippen LogP contribution in [0.15, 0.2) is 24.3 Å².